The Bertz CT molecular complexity index is 1490. The summed E-state index contributed by atoms with van der Waals surface area (Å²) in [7, 11) is -3.64. The monoisotopic (exact) mass is 508 g/mol. The van der Waals surface area contributed by atoms with Crippen molar-refractivity contribution in [3.05, 3.63) is 46.9 Å². The van der Waals surface area contributed by atoms with Gasteiger partial charge in [0.05, 0.1) is 47.7 Å². The van der Waals surface area contributed by atoms with Crippen molar-refractivity contribution in [2.75, 3.05) is 18.5 Å². The number of benzene rings is 1. The van der Waals surface area contributed by atoms with Crippen LogP contribution in [0.2, 0.25) is 0 Å². The van der Waals surface area contributed by atoms with Gasteiger partial charge >= 0.3 is 0 Å². The summed E-state index contributed by atoms with van der Waals surface area (Å²) in [6, 6.07) is 10.4. The molecule has 1 unspecified atom stereocenters. The minimum atomic E-state index is -3.64. The van der Waals surface area contributed by atoms with E-state index >= 15 is 0 Å². The Balaban J connectivity index is 1.29. The van der Waals surface area contributed by atoms with Crippen LogP contribution in [0.3, 0.4) is 0 Å². The van der Waals surface area contributed by atoms with Crippen molar-refractivity contribution in [3.8, 4) is 6.07 Å². The third kappa shape index (κ3) is 3.99. The van der Waals surface area contributed by atoms with E-state index in [1.807, 2.05) is 0 Å². The van der Waals surface area contributed by atoms with Crippen LogP contribution in [0.25, 0.3) is 10.9 Å². The number of fused-ring (bicyclic) bond motifs is 2. The van der Waals surface area contributed by atoms with Crippen LogP contribution in [0.1, 0.15) is 44.6 Å². The molecule has 0 bridgehead atoms. The lowest BCUT2D eigenvalue weighted by molar-refractivity contribution is -0.0241. The minimum Gasteiger partial charge on any atom is -0.375 e. The van der Waals surface area contributed by atoms with Gasteiger partial charge in [-0.2, -0.15) is 14.7 Å². The summed E-state index contributed by atoms with van der Waals surface area (Å²) < 4.78 is 35.9. The zero-order valence-corrected chi connectivity index (χ0v) is 20.6. The van der Waals surface area contributed by atoms with E-state index in [0.29, 0.717) is 47.9 Å². The third-order valence-corrected chi connectivity index (χ3v) is 9.50. The Morgan fingerprint density at radius 1 is 1.19 bits per heavy atom. The second-order valence-electron chi connectivity index (χ2n) is 9.80. The molecule has 3 fully saturated rings. The van der Waals surface area contributed by atoms with Gasteiger partial charge in [0.25, 0.3) is 5.56 Å². The first-order valence-electron chi connectivity index (χ1n) is 12.4. The Morgan fingerprint density at radius 3 is 2.75 bits per heavy atom. The number of nitriles is 1. The van der Waals surface area contributed by atoms with Crippen LogP contribution in [0, 0.1) is 17.2 Å². The predicted molar refractivity (Wildman–Crippen MR) is 133 cm³/mol. The summed E-state index contributed by atoms with van der Waals surface area (Å²) >= 11 is 0. The first-order valence-corrected chi connectivity index (χ1v) is 13.9. The van der Waals surface area contributed by atoms with Crippen molar-refractivity contribution in [1.82, 2.24) is 19.1 Å². The maximum Gasteiger partial charge on any atom is 0.261 e. The summed E-state index contributed by atoms with van der Waals surface area (Å²) in [5, 5.41) is 17.7. The fourth-order valence-corrected chi connectivity index (χ4v) is 7.30. The number of morpholine rings is 1. The molecule has 3 aliphatic rings. The van der Waals surface area contributed by atoms with E-state index in [4.69, 9.17) is 9.84 Å². The summed E-state index contributed by atoms with van der Waals surface area (Å²) in [6.07, 6.45) is 6.67. The van der Waals surface area contributed by atoms with Crippen LogP contribution in [0.4, 0.5) is 11.5 Å². The average Bonchev–Trinajstić information content (AvgIpc) is 3.49. The molecule has 0 radical (unpaired) electrons. The highest BCUT2D eigenvalue weighted by Crippen LogP contribution is 2.43. The molecular weight excluding hydrogens is 480 g/mol. The van der Waals surface area contributed by atoms with Crippen LogP contribution >= 0.6 is 0 Å². The average molecular weight is 509 g/mol. The Labute approximate surface area is 208 Å². The van der Waals surface area contributed by atoms with E-state index < -0.39 is 10.0 Å². The van der Waals surface area contributed by atoms with E-state index in [9.17, 15) is 18.5 Å². The molecule has 2 aliphatic carbocycles. The predicted octanol–water partition coefficient (Wildman–Crippen LogP) is 3.27. The number of sulfonamides is 1. The second-order valence-corrected chi connectivity index (χ2v) is 11.7. The Morgan fingerprint density at radius 2 is 2.00 bits per heavy atom. The summed E-state index contributed by atoms with van der Waals surface area (Å²) in [5.41, 5.74) is 1.02. The van der Waals surface area contributed by atoms with Gasteiger partial charge in [-0.25, -0.2) is 8.42 Å². The number of ether oxygens (including phenoxy) is 1. The highest BCUT2D eigenvalue weighted by molar-refractivity contribution is 7.89. The maximum atomic E-state index is 13.4. The topological polar surface area (TPSA) is 133 Å². The van der Waals surface area contributed by atoms with Crippen molar-refractivity contribution in [3.63, 3.8) is 0 Å². The highest BCUT2D eigenvalue weighted by Gasteiger charge is 2.42. The molecule has 0 amide bonds. The number of H-pyrrole nitrogens is 1. The lowest BCUT2D eigenvalue weighted by Gasteiger charge is -2.36. The van der Waals surface area contributed by atoms with Crippen LogP contribution in [0.5, 0.6) is 0 Å². The van der Waals surface area contributed by atoms with E-state index in [-0.39, 0.29) is 28.6 Å². The zero-order chi connectivity index (χ0) is 24.9. The number of rotatable bonds is 7. The van der Waals surface area contributed by atoms with Crippen LogP contribution < -0.4 is 10.9 Å². The maximum absolute atomic E-state index is 13.4. The first kappa shape index (κ1) is 23.2. The quantitative estimate of drug-likeness (QED) is 0.500. The molecule has 6 rings (SSSR count). The molecule has 0 spiro atoms. The molecule has 1 aromatic carbocycles. The van der Waals surface area contributed by atoms with Gasteiger partial charge < -0.3 is 15.0 Å². The minimum absolute atomic E-state index is 0.0172. The standard InChI is InChI=1S/C25H28N6O4S/c26-12-10-19(16-4-5-16)31-21-11-13-27-25(32)23(21)24(29-31)28-17-6-8-18(9-7-17)36(33,34)30-14-15-35-22-3-1-2-20(22)30/h6-9,11,13,16,19-20,22H,1-5,10,14-15H2,(H,27,32)(H,28,29)/t19?,20-,22-/m0/s1. The lowest BCUT2D eigenvalue weighted by atomic mass is 10.1. The fraction of sp³-hybridized carbons (Fsp3) is 0.480. The Hall–Kier alpha value is -3.20. The van der Waals surface area contributed by atoms with E-state index in [1.54, 1.807) is 45.5 Å². The molecular formula is C25H28N6O4S. The molecule has 10 nitrogen and oxygen atoms in total. The number of anilines is 2. The van der Waals surface area contributed by atoms with Gasteiger partial charge in [0.1, 0.15) is 5.39 Å². The number of hydrogen-bond donors (Lipinski definition) is 2. The van der Waals surface area contributed by atoms with E-state index in [2.05, 4.69) is 16.4 Å². The lowest BCUT2D eigenvalue weighted by Crippen LogP contribution is -2.51. The molecule has 1 saturated heterocycles. The van der Waals surface area contributed by atoms with Crippen LogP contribution in [-0.4, -0.2) is 52.8 Å². The normalized spacial score (nSPS) is 23.3. The number of hydrogen-bond acceptors (Lipinski definition) is 7. The SMILES string of the molecule is N#CCC(C1CC1)n1nc(Nc2ccc(S(=O)(=O)N3CCO[C@H]4CCC[C@@H]43)cc2)c2c(=O)[nH]ccc21. The van der Waals surface area contributed by atoms with E-state index in [1.165, 1.54) is 0 Å². The van der Waals surface area contributed by atoms with Crippen molar-refractivity contribution >= 4 is 32.4 Å². The van der Waals surface area contributed by atoms with Crippen molar-refractivity contribution < 1.29 is 13.2 Å². The molecule has 2 N–H and O–H groups in total. The highest BCUT2D eigenvalue weighted by atomic mass is 32.2. The van der Waals surface area contributed by atoms with Gasteiger partial charge in [-0.15, -0.1) is 0 Å². The van der Waals surface area contributed by atoms with Crippen LogP contribution in [-0.2, 0) is 14.8 Å². The Kier molecular flexibility index (Phi) is 5.82. The third-order valence-electron chi connectivity index (χ3n) is 7.57. The van der Waals surface area contributed by atoms with Crippen molar-refractivity contribution in [2.45, 2.75) is 61.6 Å². The number of nitrogens with zero attached hydrogens (tertiary/aromatic N) is 4. The molecule has 3 aromatic rings. The summed E-state index contributed by atoms with van der Waals surface area (Å²) in [6.45, 7) is 0.776. The first-order chi connectivity index (χ1) is 17.5. The molecule has 3 atom stereocenters. The second kappa shape index (κ2) is 9.03. The number of pyridine rings is 1. The molecule has 188 valence electrons. The van der Waals surface area contributed by atoms with Gasteiger partial charge in [0.15, 0.2) is 5.82 Å². The van der Waals surface area contributed by atoms with Gasteiger partial charge in [-0.1, -0.05) is 0 Å². The molecule has 2 aromatic heterocycles. The molecule has 2 saturated carbocycles. The van der Waals surface area contributed by atoms with Crippen molar-refractivity contribution in [1.29, 1.82) is 5.26 Å². The van der Waals surface area contributed by atoms with Gasteiger partial charge in [-0.3, -0.25) is 9.48 Å². The van der Waals surface area contributed by atoms with Gasteiger partial charge in [-0.05, 0) is 68.4 Å². The molecule has 1 aliphatic heterocycles. The number of nitrogens with one attached hydrogen (secondary N) is 2. The van der Waals surface area contributed by atoms with Gasteiger partial charge in [0.2, 0.25) is 10.0 Å². The van der Waals surface area contributed by atoms with Crippen molar-refractivity contribution in [2.24, 2.45) is 5.92 Å². The van der Waals surface area contributed by atoms with E-state index in [0.717, 1.165) is 32.1 Å². The molecule has 11 heteroatoms. The summed E-state index contributed by atoms with van der Waals surface area (Å²) in [4.78, 5) is 15.6. The number of aromatic amines is 1. The zero-order valence-electron chi connectivity index (χ0n) is 19.8. The van der Waals surface area contributed by atoms with Crippen LogP contribution in [0.15, 0.2) is 46.2 Å². The molecule has 36 heavy (non-hydrogen) atoms. The smallest absolute Gasteiger partial charge is 0.261 e. The van der Waals surface area contributed by atoms with Gasteiger partial charge in [0, 0.05) is 18.4 Å². The number of aromatic nitrogens is 3. The largest absolute Gasteiger partial charge is 0.375 e. The summed E-state index contributed by atoms with van der Waals surface area (Å²) in [5.74, 6) is 0.761. The fourth-order valence-electron chi connectivity index (χ4n) is 5.64. The molecule has 3 heterocycles.